The van der Waals surface area contributed by atoms with Crippen LogP contribution in [0.1, 0.15) is 34.5 Å². The van der Waals surface area contributed by atoms with E-state index >= 15 is 0 Å². The Morgan fingerprint density at radius 2 is 1.44 bits per heavy atom. The number of carbonyl (C=O) groups excluding carboxylic acids is 4. The Morgan fingerprint density at radius 1 is 0.842 bits per heavy atom. The van der Waals surface area contributed by atoms with Gasteiger partial charge in [-0.1, -0.05) is 47.5 Å². The van der Waals surface area contributed by atoms with Gasteiger partial charge in [-0.05, 0) is 90.8 Å². The molecular weight excluding hydrogens is 775 g/mol. The van der Waals surface area contributed by atoms with Crippen LogP contribution in [0, 0.1) is 0 Å². The molecule has 57 heavy (non-hydrogen) atoms. The molecule has 0 aliphatic heterocycles. The highest BCUT2D eigenvalue weighted by Crippen LogP contribution is 2.39. The number of hydrogen-bond donors (Lipinski definition) is 6. The Labute approximate surface area is 340 Å². The Kier molecular flexibility index (Phi) is 16.4. The first-order chi connectivity index (χ1) is 27.3. The maximum atomic E-state index is 13.4. The Hall–Kier alpha value is -5.51. The molecule has 3 unspecified atom stereocenters. The van der Waals surface area contributed by atoms with E-state index in [9.17, 15) is 29.1 Å². The van der Waals surface area contributed by atoms with E-state index in [2.05, 4.69) is 16.0 Å². The first-order valence-electron chi connectivity index (χ1n) is 18.0. The van der Waals surface area contributed by atoms with E-state index in [1.165, 1.54) is 11.9 Å². The van der Waals surface area contributed by atoms with Crippen molar-refractivity contribution in [3.63, 3.8) is 0 Å². The van der Waals surface area contributed by atoms with Gasteiger partial charge >= 0.3 is 5.97 Å². The minimum Gasteiger partial charge on any atom is -0.492 e. The predicted octanol–water partition coefficient (Wildman–Crippen LogP) is 3.85. The molecular formula is C41H46Cl2N6O8. The van der Waals surface area contributed by atoms with Gasteiger partial charge in [0.2, 0.25) is 11.8 Å². The minimum atomic E-state index is -1.25. The van der Waals surface area contributed by atoms with Crippen LogP contribution in [0.5, 0.6) is 11.5 Å². The lowest BCUT2D eigenvalue weighted by Crippen LogP contribution is -2.49. The molecule has 3 amide bonds. The van der Waals surface area contributed by atoms with Crippen molar-refractivity contribution in [1.82, 2.24) is 20.9 Å². The number of aliphatic carboxylic acids is 1. The topological polar surface area (TPSA) is 215 Å². The molecule has 302 valence electrons. The van der Waals surface area contributed by atoms with Crippen molar-refractivity contribution in [2.24, 2.45) is 11.5 Å². The van der Waals surface area contributed by atoms with Crippen molar-refractivity contribution in [2.75, 3.05) is 46.9 Å². The number of likely N-dealkylation sites (N-methyl/N-ethyl adjacent to an activating group) is 2. The van der Waals surface area contributed by atoms with Crippen LogP contribution in [0.3, 0.4) is 0 Å². The van der Waals surface area contributed by atoms with E-state index in [-0.39, 0.29) is 32.7 Å². The largest absolute Gasteiger partial charge is 0.492 e. The van der Waals surface area contributed by atoms with Crippen LogP contribution in [0.25, 0.3) is 22.3 Å². The number of ether oxygens (including phenoxy) is 2. The van der Waals surface area contributed by atoms with E-state index in [0.29, 0.717) is 55.6 Å². The second-order valence-corrected chi connectivity index (χ2v) is 13.9. The SMILES string of the molecule is CNC(C)C(=O)NC(Cc1ccc(OCCN)c(-c2cc(C(C=O)N(C)C(=O)CNC(=O)c3ccc(-c4cc(Cl)cc(Cl)c4)cc3)ccc2OCCN)c1)C(=O)O. The summed E-state index contributed by atoms with van der Waals surface area (Å²) in [5, 5.41) is 18.9. The van der Waals surface area contributed by atoms with Crippen molar-refractivity contribution in [1.29, 1.82) is 0 Å². The van der Waals surface area contributed by atoms with Crippen LogP contribution in [0.15, 0.2) is 78.9 Å². The molecule has 0 radical (unpaired) electrons. The number of nitrogens with two attached hydrogens (primary N) is 2. The molecule has 4 aromatic carbocycles. The zero-order valence-corrected chi connectivity index (χ0v) is 33.2. The predicted molar refractivity (Wildman–Crippen MR) is 219 cm³/mol. The number of nitrogens with zero attached hydrogens (tertiary/aromatic N) is 1. The zero-order chi connectivity index (χ0) is 41.6. The van der Waals surface area contributed by atoms with Gasteiger partial charge < -0.3 is 51.7 Å². The molecule has 8 N–H and O–H groups in total. The van der Waals surface area contributed by atoms with Gasteiger partial charge in [0, 0.05) is 53.3 Å². The van der Waals surface area contributed by atoms with Crippen LogP contribution in [-0.4, -0.2) is 99.0 Å². The molecule has 14 nitrogen and oxygen atoms in total. The van der Waals surface area contributed by atoms with E-state index in [1.807, 2.05) is 0 Å². The molecule has 16 heteroatoms. The first-order valence-corrected chi connectivity index (χ1v) is 18.7. The van der Waals surface area contributed by atoms with Gasteiger partial charge in [-0.25, -0.2) is 4.79 Å². The Balaban J connectivity index is 1.60. The number of amides is 3. The van der Waals surface area contributed by atoms with Gasteiger partial charge in [0.25, 0.3) is 5.91 Å². The molecule has 0 saturated heterocycles. The quantitative estimate of drug-likeness (QED) is 0.0705. The number of carboxylic acid groups (broad SMARTS) is 1. The summed E-state index contributed by atoms with van der Waals surface area (Å²) in [5.74, 6) is -1.98. The standard InChI is InChI=1S/C41H46Cl2N6O8/c1-24(46-2)39(52)48-34(41(54)55)17-25-4-10-36(56-14-12-44)32(16-25)33-20-28(9-11-37(33)57-15-13-45)35(23-50)49(3)38(51)22-47-40(53)27-7-5-26(6-8-27)29-18-30(42)21-31(43)19-29/h4-11,16,18-21,23-24,34-35,46H,12-15,17,22,44-45H2,1-3H3,(H,47,53)(H,48,52)(H,54,55). The second-order valence-electron chi connectivity index (χ2n) is 13.0. The molecule has 0 heterocycles. The van der Waals surface area contributed by atoms with Crippen LogP contribution < -0.4 is 36.9 Å². The summed E-state index contributed by atoms with van der Waals surface area (Å²) in [6.07, 6.45) is 0.538. The average Bonchev–Trinajstić information content (AvgIpc) is 3.20. The third kappa shape index (κ3) is 12.0. The number of benzene rings is 4. The van der Waals surface area contributed by atoms with Crippen molar-refractivity contribution in [3.8, 4) is 33.8 Å². The van der Waals surface area contributed by atoms with Gasteiger partial charge in [-0.15, -0.1) is 0 Å². The summed E-state index contributed by atoms with van der Waals surface area (Å²) in [6.45, 7) is 1.92. The fourth-order valence-corrected chi connectivity index (χ4v) is 6.30. The van der Waals surface area contributed by atoms with Gasteiger partial charge in [0.1, 0.15) is 43.1 Å². The van der Waals surface area contributed by atoms with Crippen LogP contribution in [-0.2, 0) is 25.6 Å². The molecule has 0 fully saturated rings. The summed E-state index contributed by atoms with van der Waals surface area (Å²) in [4.78, 5) is 65.0. The van der Waals surface area contributed by atoms with Gasteiger partial charge in [-0.2, -0.15) is 0 Å². The minimum absolute atomic E-state index is 0.0683. The third-order valence-electron chi connectivity index (χ3n) is 8.99. The smallest absolute Gasteiger partial charge is 0.326 e. The normalized spacial score (nSPS) is 12.5. The fourth-order valence-electron chi connectivity index (χ4n) is 5.78. The molecule has 0 aliphatic rings. The molecule has 4 rings (SSSR count). The molecule has 0 aliphatic carbocycles. The van der Waals surface area contributed by atoms with Crippen LogP contribution in [0.2, 0.25) is 10.0 Å². The number of carboxylic acids is 1. The molecule has 0 spiro atoms. The van der Waals surface area contributed by atoms with Crippen molar-refractivity contribution < 1.29 is 38.6 Å². The van der Waals surface area contributed by atoms with E-state index in [1.54, 1.807) is 92.8 Å². The number of carbonyl (C=O) groups is 5. The van der Waals surface area contributed by atoms with Crippen molar-refractivity contribution in [2.45, 2.75) is 31.5 Å². The lowest BCUT2D eigenvalue weighted by molar-refractivity contribution is -0.142. The summed E-state index contributed by atoms with van der Waals surface area (Å²) in [7, 11) is 3.04. The van der Waals surface area contributed by atoms with E-state index in [4.69, 9.17) is 44.1 Å². The maximum absolute atomic E-state index is 13.4. The summed E-state index contributed by atoms with van der Waals surface area (Å²) in [5.41, 5.74) is 15.3. The number of aldehydes is 1. The Morgan fingerprint density at radius 3 is 2.00 bits per heavy atom. The zero-order valence-electron chi connectivity index (χ0n) is 31.7. The molecule has 3 atom stereocenters. The number of nitrogens with one attached hydrogen (secondary N) is 3. The molecule has 0 aromatic heterocycles. The van der Waals surface area contributed by atoms with Crippen LogP contribution >= 0.6 is 23.2 Å². The number of halogens is 2. The number of rotatable bonds is 20. The number of hydrogen-bond acceptors (Lipinski definition) is 10. The van der Waals surface area contributed by atoms with Gasteiger partial charge in [0.15, 0.2) is 0 Å². The van der Waals surface area contributed by atoms with Crippen molar-refractivity contribution >= 4 is 53.2 Å². The first kappa shape index (κ1) is 44.2. The van der Waals surface area contributed by atoms with E-state index < -0.39 is 48.4 Å². The highest BCUT2D eigenvalue weighted by Gasteiger charge is 2.26. The van der Waals surface area contributed by atoms with Gasteiger partial charge in [0.05, 0.1) is 12.6 Å². The summed E-state index contributed by atoms with van der Waals surface area (Å²) >= 11 is 12.3. The van der Waals surface area contributed by atoms with Crippen molar-refractivity contribution in [3.05, 3.63) is 106 Å². The van der Waals surface area contributed by atoms with E-state index in [0.717, 1.165) is 11.1 Å². The monoisotopic (exact) mass is 820 g/mol. The molecule has 0 saturated carbocycles. The highest BCUT2D eigenvalue weighted by molar-refractivity contribution is 6.35. The molecule has 0 bridgehead atoms. The fraction of sp³-hybridized carbons (Fsp3) is 0.293. The second kappa shape index (κ2) is 21.1. The van der Waals surface area contributed by atoms with Crippen LogP contribution in [0.4, 0.5) is 0 Å². The Bertz CT molecular complexity index is 2050. The van der Waals surface area contributed by atoms with Gasteiger partial charge in [-0.3, -0.25) is 14.4 Å². The summed E-state index contributed by atoms with van der Waals surface area (Å²) < 4.78 is 12.0. The lowest BCUT2D eigenvalue weighted by atomic mass is 9.94. The highest BCUT2D eigenvalue weighted by atomic mass is 35.5. The third-order valence-corrected chi connectivity index (χ3v) is 9.43. The maximum Gasteiger partial charge on any atom is 0.326 e. The summed E-state index contributed by atoms with van der Waals surface area (Å²) in [6, 6.07) is 18.9. The average molecular weight is 822 g/mol. The molecule has 4 aromatic rings. The lowest BCUT2D eigenvalue weighted by Gasteiger charge is -2.26.